The summed E-state index contributed by atoms with van der Waals surface area (Å²) in [5, 5.41) is 10.0. The fourth-order valence-electron chi connectivity index (χ4n) is 0.309. The third-order valence-electron chi connectivity index (χ3n) is 0.964. The molecule has 4 nitrogen and oxygen atoms in total. The van der Waals surface area contributed by atoms with Gasteiger partial charge >= 0.3 is 24.8 Å². The minimum Gasteiger partial charge on any atom is -0.546 e. The molecule has 62 valence electrons. The van der Waals surface area contributed by atoms with Crippen LogP contribution in [-0.4, -0.2) is 18.0 Å². The molecular formula is C7H9LiO4. The Morgan fingerprint density at radius 2 is 1.92 bits per heavy atom. The van der Waals surface area contributed by atoms with Crippen molar-refractivity contribution in [1.82, 2.24) is 0 Å². The maximum atomic E-state index is 10.6. The van der Waals surface area contributed by atoms with Gasteiger partial charge in [-0.25, -0.2) is 4.79 Å². The van der Waals surface area contributed by atoms with E-state index in [4.69, 9.17) is 0 Å². The van der Waals surface area contributed by atoms with Gasteiger partial charge in [-0.3, -0.25) is 0 Å². The molecule has 0 aromatic rings. The minimum atomic E-state index is -1.42. The fourth-order valence-corrected chi connectivity index (χ4v) is 0.309. The summed E-state index contributed by atoms with van der Waals surface area (Å²) in [5.41, 5.74) is 0.165. The summed E-state index contributed by atoms with van der Waals surface area (Å²) in [6.07, 6.45) is -1.22. The van der Waals surface area contributed by atoms with Crippen molar-refractivity contribution in [3.63, 3.8) is 0 Å². The molecule has 0 aromatic carbocycles. The average Bonchev–Trinajstić information content (AvgIpc) is 1.87. The Morgan fingerprint density at radius 1 is 1.50 bits per heavy atom. The van der Waals surface area contributed by atoms with Crippen molar-refractivity contribution in [1.29, 1.82) is 0 Å². The first-order valence-electron chi connectivity index (χ1n) is 3.02. The molecule has 1 atom stereocenters. The van der Waals surface area contributed by atoms with Crippen LogP contribution in [0.15, 0.2) is 12.2 Å². The molecule has 0 amide bonds. The maximum Gasteiger partial charge on any atom is 1.00 e. The standard InChI is InChI=1S/C7H10O4.Li/c1-4(2)7(10)11-5(3)6(8)9;/h5H,1H2,2-3H3,(H,8,9);/q;+1/p-1. The summed E-state index contributed by atoms with van der Waals surface area (Å²) in [5.74, 6) is -2.14. The van der Waals surface area contributed by atoms with Gasteiger partial charge in [-0.05, 0) is 13.8 Å². The number of carbonyl (C=O) groups is 2. The maximum absolute atomic E-state index is 10.6. The molecule has 0 aliphatic heterocycles. The van der Waals surface area contributed by atoms with Gasteiger partial charge in [0.15, 0.2) is 0 Å². The van der Waals surface area contributed by atoms with E-state index in [1.165, 1.54) is 13.8 Å². The number of rotatable bonds is 3. The second-order valence-electron chi connectivity index (χ2n) is 2.15. The van der Waals surface area contributed by atoms with Gasteiger partial charge in [0.1, 0.15) is 6.10 Å². The third-order valence-corrected chi connectivity index (χ3v) is 0.964. The number of aliphatic carboxylic acids is 1. The van der Waals surface area contributed by atoms with E-state index in [-0.39, 0.29) is 24.4 Å². The first-order valence-corrected chi connectivity index (χ1v) is 3.02. The number of hydrogen-bond donors (Lipinski definition) is 0. The molecule has 0 fully saturated rings. The van der Waals surface area contributed by atoms with Crippen LogP contribution in [0.3, 0.4) is 0 Å². The Labute approximate surface area is 82.8 Å². The largest absolute Gasteiger partial charge is 1.00 e. The van der Waals surface area contributed by atoms with Gasteiger partial charge in [-0.15, -0.1) is 0 Å². The van der Waals surface area contributed by atoms with Crippen LogP contribution in [0.5, 0.6) is 0 Å². The molecule has 0 saturated carbocycles. The molecule has 0 radical (unpaired) electrons. The van der Waals surface area contributed by atoms with Crippen LogP contribution in [0.1, 0.15) is 13.8 Å². The van der Waals surface area contributed by atoms with Crippen LogP contribution in [0, 0.1) is 0 Å². The molecule has 0 aromatic heterocycles. The first kappa shape index (κ1) is 13.8. The molecule has 0 aliphatic rings. The summed E-state index contributed by atoms with van der Waals surface area (Å²) in [6.45, 7) is 5.93. The van der Waals surface area contributed by atoms with Crippen molar-refractivity contribution < 1.29 is 38.3 Å². The summed E-state index contributed by atoms with van der Waals surface area (Å²) < 4.78 is 4.37. The minimum absolute atomic E-state index is 0. The van der Waals surface area contributed by atoms with Gasteiger partial charge in [-0.2, -0.15) is 0 Å². The van der Waals surface area contributed by atoms with Crippen molar-refractivity contribution in [3.8, 4) is 0 Å². The summed E-state index contributed by atoms with van der Waals surface area (Å²) >= 11 is 0. The molecule has 12 heavy (non-hydrogen) atoms. The van der Waals surface area contributed by atoms with E-state index >= 15 is 0 Å². The van der Waals surface area contributed by atoms with Crippen LogP contribution in [-0.2, 0) is 14.3 Å². The topological polar surface area (TPSA) is 66.4 Å². The molecule has 0 heterocycles. The van der Waals surface area contributed by atoms with Crippen molar-refractivity contribution in [2.75, 3.05) is 0 Å². The van der Waals surface area contributed by atoms with Crippen molar-refractivity contribution in [3.05, 3.63) is 12.2 Å². The number of carboxylic acid groups (broad SMARTS) is 1. The number of hydrogen-bond acceptors (Lipinski definition) is 4. The predicted molar refractivity (Wildman–Crippen MR) is 35.4 cm³/mol. The molecule has 0 saturated heterocycles. The van der Waals surface area contributed by atoms with Gasteiger partial charge in [-0.1, -0.05) is 6.58 Å². The molecule has 0 rings (SSSR count). The van der Waals surface area contributed by atoms with E-state index in [1.807, 2.05) is 0 Å². The third kappa shape index (κ3) is 5.00. The Hall–Kier alpha value is -0.723. The summed E-state index contributed by atoms with van der Waals surface area (Å²) in [6, 6.07) is 0. The van der Waals surface area contributed by atoms with E-state index in [9.17, 15) is 14.7 Å². The molecule has 5 heteroatoms. The smallest absolute Gasteiger partial charge is 0.546 e. The van der Waals surface area contributed by atoms with Crippen LogP contribution < -0.4 is 24.0 Å². The van der Waals surface area contributed by atoms with Crippen LogP contribution in [0.4, 0.5) is 0 Å². The second kappa shape index (κ2) is 5.87. The Balaban J connectivity index is 0. The van der Waals surface area contributed by atoms with Crippen molar-refractivity contribution >= 4 is 11.9 Å². The molecule has 0 aliphatic carbocycles. The Morgan fingerprint density at radius 3 is 2.17 bits per heavy atom. The fraction of sp³-hybridized carbons (Fsp3) is 0.429. The second-order valence-corrected chi connectivity index (χ2v) is 2.15. The van der Waals surface area contributed by atoms with E-state index in [2.05, 4.69) is 11.3 Å². The van der Waals surface area contributed by atoms with Gasteiger partial charge in [0.25, 0.3) is 0 Å². The average molecular weight is 164 g/mol. The molecule has 0 spiro atoms. The van der Waals surface area contributed by atoms with E-state index in [0.29, 0.717) is 0 Å². The first-order chi connectivity index (χ1) is 4.95. The Bertz CT molecular complexity index is 200. The van der Waals surface area contributed by atoms with E-state index < -0.39 is 18.0 Å². The molecule has 0 bridgehead atoms. The van der Waals surface area contributed by atoms with E-state index in [1.54, 1.807) is 0 Å². The van der Waals surface area contributed by atoms with Gasteiger partial charge in [0.2, 0.25) is 0 Å². The molecule has 1 unspecified atom stereocenters. The predicted octanol–water partition coefficient (Wildman–Crippen LogP) is -3.75. The summed E-state index contributed by atoms with van der Waals surface area (Å²) in [4.78, 5) is 20.7. The summed E-state index contributed by atoms with van der Waals surface area (Å²) in [7, 11) is 0. The SMILES string of the molecule is C=C(C)C(=O)OC(C)C(=O)[O-].[Li+]. The number of ether oxygens (including phenoxy) is 1. The quantitative estimate of drug-likeness (QED) is 0.244. The monoisotopic (exact) mass is 164 g/mol. The van der Waals surface area contributed by atoms with Gasteiger partial charge in [0.05, 0.1) is 5.97 Å². The van der Waals surface area contributed by atoms with Crippen LogP contribution in [0.25, 0.3) is 0 Å². The van der Waals surface area contributed by atoms with Crippen molar-refractivity contribution in [2.24, 2.45) is 0 Å². The van der Waals surface area contributed by atoms with E-state index in [0.717, 1.165) is 0 Å². The van der Waals surface area contributed by atoms with Gasteiger partial charge < -0.3 is 14.6 Å². The Kier molecular flexibility index (Phi) is 6.77. The molecule has 0 N–H and O–H groups in total. The zero-order valence-electron chi connectivity index (χ0n) is 7.42. The van der Waals surface area contributed by atoms with Crippen molar-refractivity contribution in [2.45, 2.75) is 20.0 Å². The van der Waals surface area contributed by atoms with Crippen LogP contribution >= 0.6 is 0 Å². The number of carboxylic acids is 1. The van der Waals surface area contributed by atoms with Gasteiger partial charge in [0, 0.05) is 5.57 Å². The molecular weight excluding hydrogens is 155 g/mol. The number of carbonyl (C=O) groups excluding carboxylic acids is 2. The normalized spacial score (nSPS) is 10.8. The van der Waals surface area contributed by atoms with Crippen LogP contribution in [0.2, 0.25) is 0 Å². The zero-order valence-corrected chi connectivity index (χ0v) is 7.42. The zero-order chi connectivity index (χ0) is 9.02. The number of esters is 1.